The van der Waals surface area contributed by atoms with E-state index >= 15 is 0 Å². The lowest BCUT2D eigenvalue weighted by atomic mass is 10.0. The van der Waals surface area contributed by atoms with Gasteiger partial charge in [-0.3, -0.25) is 9.59 Å². The minimum absolute atomic E-state index is 0.0320. The van der Waals surface area contributed by atoms with Gasteiger partial charge in [0, 0.05) is 44.0 Å². The summed E-state index contributed by atoms with van der Waals surface area (Å²) in [6.45, 7) is 3.33. The number of nitrogens with zero attached hydrogens (tertiary/aromatic N) is 2. The molecule has 1 aromatic heterocycles. The van der Waals surface area contributed by atoms with Crippen molar-refractivity contribution in [3.05, 3.63) is 64.0 Å². The maximum atomic E-state index is 13.6. The fourth-order valence-corrected chi connectivity index (χ4v) is 8.32. The highest BCUT2D eigenvalue weighted by Crippen LogP contribution is 2.55. The second-order valence-electron chi connectivity index (χ2n) is 13.6. The third kappa shape index (κ3) is 5.71. The lowest BCUT2D eigenvalue weighted by Gasteiger charge is -2.21. The average molecular weight is 671 g/mol. The van der Waals surface area contributed by atoms with Crippen molar-refractivity contribution in [2.75, 3.05) is 57.7 Å². The Kier molecular flexibility index (Phi) is 8.10. The van der Waals surface area contributed by atoms with Crippen LogP contribution in [0.2, 0.25) is 0 Å². The van der Waals surface area contributed by atoms with Crippen LogP contribution in [0.5, 0.6) is 23.0 Å². The van der Waals surface area contributed by atoms with E-state index in [2.05, 4.69) is 32.4 Å². The van der Waals surface area contributed by atoms with Crippen LogP contribution in [0.15, 0.2) is 47.3 Å². The number of thiophene rings is 1. The highest BCUT2D eigenvalue weighted by Gasteiger charge is 2.54. The zero-order valence-corrected chi connectivity index (χ0v) is 28.3. The second kappa shape index (κ2) is 12.6. The minimum atomic E-state index is -0.0320. The van der Waals surface area contributed by atoms with Crippen molar-refractivity contribution in [3.63, 3.8) is 0 Å². The zero-order valence-electron chi connectivity index (χ0n) is 27.5. The molecule has 1 spiro atoms. The molecule has 1 saturated carbocycles. The molecular weight excluding hydrogens is 628 g/mol. The molecule has 2 fully saturated rings. The van der Waals surface area contributed by atoms with Gasteiger partial charge in [-0.1, -0.05) is 0 Å². The predicted molar refractivity (Wildman–Crippen MR) is 186 cm³/mol. The Balaban J connectivity index is 0.841. The van der Waals surface area contributed by atoms with Crippen LogP contribution in [0.4, 0.5) is 11.4 Å². The molecule has 252 valence electrons. The average Bonchev–Trinajstić information content (AvgIpc) is 3.42. The predicted octanol–water partition coefficient (Wildman–Crippen LogP) is 6.49. The van der Waals surface area contributed by atoms with Crippen LogP contribution in [-0.2, 0) is 0 Å². The molecule has 1 aliphatic carbocycles. The summed E-state index contributed by atoms with van der Waals surface area (Å²) in [6.07, 6.45) is 8.96. The topological polar surface area (TPSA) is 102 Å². The zero-order chi connectivity index (χ0) is 32.8. The van der Waals surface area contributed by atoms with E-state index in [9.17, 15) is 9.59 Å². The van der Waals surface area contributed by atoms with Gasteiger partial charge in [-0.05, 0) is 90.5 Å². The molecule has 1 saturated heterocycles. The van der Waals surface area contributed by atoms with E-state index in [-0.39, 0.29) is 23.9 Å². The van der Waals surface area contributed by atoms with E-state index in [4.69, 9.17) is 18.9 Å². The molecule has 11 heteroatoms. The third-order valence-electron chi connectivity index (χ3n) is 10.5. The maximum Gasteiger partial charge on any atom is 0.260 e. The number of carbonyl (C=O) groups excluding carboxylic acids is 2. The summed E-state index contributed by atoms with van der Waals surface area (Å²) in [5.74, 6) is 2.44. The number of anilines is 2. The van der Waals surface area contributed by atoms with Crippen LogP contribution in [0.1, 0.15) is 71.2 Å². The highest BCUT2D eigenvalue weighted by molar-refractivity contribution is 7.08. The van der Waals surface area contributed by atoms with Crippen LogP contribution in [-0.4, -0.2) is 80.8 Å². The highest BCUT2D eigenvalue weighted by atomic mass is 32.1. The Bertz CT molecular complexity index is 1750. The summed E-state index contributed by atoms with van der Waals surface area (Å²) >= 11 is 1.67. The van der Waals surface area contributed by atoms with Crippen molar-refractivity contribution >= 4 is 40.1 Å². The monoisotopic (exact) mass is 670 g/mol. The number of hydrogen-bond donors (Lipinski definition) is 2. The van der Waals surface area contributed by atoms with Gasteiger partial charge >= 0.3 is 0 Å². The molecule has 4 aliphatic heterocycles. The first-order chi connectivity index (χ1) is 23.4. The van der Waals surface area contributed by atoms with Gasteiger partial charge < -0.3 is 39.4 Å². The number of rotatable bonds is 11. The van der Waals surface area contributed by atoms with E-state index in [0.29, 0.717) is 59.3 Å². The number of unbranched alkanes of at least 4 members (excludes halogenated alkanes) is 2. The largest absolute Gasteiger partial charge is 0.493 e. The third-order valence-corrected chi connectivity index (χ3v) is 11.2. The molecule has 2 atom stereocenters. The molecule has 8 rings (SSSR count). The van der Waals surface area contributed by atoms with Crippen molar-refractivity contribution in [2.45, 2.75) is 57.0 Å². The van der Waals surface area contributed by atoms with Crippen molar-refractivity contribution in [2.24, 2.45) is 5.41 Å². The summed E-state index contributed by atoms with van der Waals surface area (Å²) in [6, 6.07) is 9.83. The quantitative estimate of drug-likeness (QED) is 0.223. The van der Waals surface area contributed by atoms with Crippen molar-refractivity contribution in [1.82, 2.24) is 9.80 Å². The van der Waals surface area contributed by atoms with Crippen LogP contribution in [0, 0.1) is 5.41 Å². The van der Waals surface area contributed by atoms with Gasteiger partial charge in [-0.2, -0.15) is 11.3 Å². The molecule has 0 unspecified atom stereocenters. The number of amides is 2. The Morgan fingerprint density at radius 3 is 2.08 bits per heavy atom. The lowest BCUT2D eigenvalue weighted by molar-refractivity contribution is 0.0743. The van der Waals surface area contributed by atoms with E-state index in [1.54, 1.807) is 31.6 Å². The first kappa shape index (κ1) is 30.9. The minimum Gasteiger partial charge on any atom is -0.493 e. The van der Waals surface area contributed by atoms with Crippen LogP contribution in [0.3, 0.4) is 0 Å². The van der Waals surface area contributed by atoms with Gasteiger partial charge in [0.2, 0.25) is 0 Å². The SMILES string of the molecule is COc1cc2c(cc1OCCCCCOc1cc3c(cc1OC)C(=O)N1CC4(CC4)C[C@H]1CN3)NC[C@@H]1CC(c3ccsc3)=CN1C2=O. The number of hydrogen-bond acceptors (Lipinski definition) is 9. The summed E-state index contributed by atoms with van der Waals surface area (Å²) in [5.41, 5.74) is 5.56. The number of methoxy groups -OCH3 is 2. The molecule has 2 amide bonds. The number of benzene rings is 2. The van der Waals surface area contributed by atoms with E-state index < -0.39 is 0 Å². The first-order valence-electron chi connectivity index (χ1n) is 17.0. The molecular formula is C37H42N4O6S. The fraction of sp³-hybridized carbons (Fsp3) is 0.459. The first-order valence-corrected chi connectivity index (χ1v) is 17.9. The van der Waals surface area contributed by atoms with Gasteiger partial charge in [-0.15, -0.1) is 0 Å². The molecule has 5 heterocycles. The summed E-state index contributed by atoms with van der Waals surface area (Å²) in [7, 11) is 3.21. The summed E-state index contributed by atoms with van der Waals surface area (Å²) in [5, 5.41) is 11.2. The number of fused-ring (bicyclic) bond motifs is 4. The van der Waals surface area contributed by atoms with Crippen LogP contribution >= 0.6 is 11.3 Å². The Morgan fingerprint density at radius 2 is 1.48 bits per heavy atom. The van der Waals surface area contributed by atoms with Gasteiger partial charge in [0.1, 0.15) is 0 Å². The fourth-order valence-electron chi connectivity index (χ4n) is 7.64. The van der Waals surface area contributed by atoms with Crippen LogP contribution < -0.4 is 29.6 Å². The number of ether oxygens (including phenoxy) is 4. The smallest absolute Gasteiger partial charge is 0.260 e. The van der Waals surface area contributed by atoms with Gasteiger partial charge in [0.15, 0.2) is 23.0 Å². The number of nitrogens with one attached hydrogen (secondary N) is 2. The molecule has 2 N–H and O–H groups in total. The van der Waals surface area contributed by atoms with Crippen LogP contribution in [0.25, 0.3) is 5.57 Å². The second-order valence-corrected chi connectivity index (χ2v) is 14.4. The molecule has 0 radical (unpaired) electrons. The summed E-state index contributed by atoms with van der Waals surface area (Å²) in [4.78, 5) is 31.0. The lowest BCUT2D eigenvalue weighted by Crippen LogP contribution is -2.37. The Labute approximate surface area is 285 Å². The van der Waals surface area contributed by atoms with Gasteiger partial charge in [0.25, 0.3) is 11.8 Å². The number of carbonyl (C=O) groups is 2. The Hall–Kier alpha value is -4.38. The molecule has 5 aliphatic rings. The molecule has 0 bridgehead atoms. The maximum absolute atomic E-state index is 13.6. The van der Waals surface area contributed by atoms with E-state index in [1.165, 1.54) is 24.0 Å². The normalized spacial score (nSPS) is 21.6. The van der Waals surface area contributed by atoms with E-state index in [1.807, 2.05) is 29.3 Å². The standard InChI is InChI=1S/C37H42N4O6S/c1-44-31-13-27-29(38-18-25-12-24(20-40(25)35(27)42)23-6-11-48-21-23)15-33(31)46-9-4-3-5-10-47-34-16-30-28(14-32(34)45-2)36(43)41-22-37(7-8-37)17-26(41)19-39-30/h6,11,13-16,20-21,25-26,38-39H,3-5,7-10,12,17-19,22H2,1-2H3/t25-,26-/m0/s1. The van der Waals surface area contributed by atoms with Gasteiger partial charge in [0.05, 0.1) is 56.0 Å². The van der Waals surface area contributed by atoms with Crippen molar-refractivity contribution < 1.29 is 28.5 Å². The molecule has 10 nitrogen and oxygen atoms in total. The van der Waals surface area contributed by atoms with E-state index in [0.717, 1.165) is 56.6 Å². The Morgan fingerprint density at radius 1 is 0.833 bits per heavy atom. The van der Waals surface area contributed by atoms with Gasteiger partial charge in [-0.25, -0.2) is 0 Å². The van der Waals surface area contributed by atoms with Crippen molar-refractivity contribution in [3.8, 4) is 23.0 Å². The molecule has 3 aromatic rings. The van der Waals surface area contributed by atoms with Crippen molar-refractivity contribution in [1.29, 1.82) is 0 Å². The molecule has 48 heavy (non-hydrogen) atoms. The summed E-state index contributed by atoms with van der Waals surface area (Å²) < 4.78 is 23.6. The molecule has 2 aromatic carbocycles.